The summed E-state index contributed by atoms with van der Waals surface area (Å²) in [6.07, 6.45) is 0. The van der Waals surface area contributed by atoms with E-state index in [1.165, 1.54) is 0 Å². The lowest BCUT2D eigenvalue weighted by atomic mass is 9.96. The van der Waals surface area contributed by atoms with Gasteiger partial charge in [-0.2, -0.15) is 10.5 Å². The van der Waals surface area contributed by atoms with Gasteiger partial charge in [-0.05, 0) is 42.0 Å². The zero-order valence-electron chi connectivity index (χ0n) is 15.4. The molecule has 7 nitrogen and oxygen atoms in total. The highest BCUT2D eigenvalue weighted by Crippen LogP contribution is 2.35. The minimum absolute atomic E-state index is 0.0447. The molecule has 1 aromatic heterocycles. The van der Waals surface area contributed by atoms with Crippen LogP contribution >= 0.6 is 0 Å². The summed E-state index contributed by atoms with van der Waals surface area (Å²) < 4.78 is 10.3. The summed E-state index contributed by atoms with van der Waals surface area (Å²) >= 11 is 0. The molecular formula is C21H17N5O2. The number of pyridine rings is 1. The number of anilines is 3. The Morgan fingerprint density at radius 1 is 0.857 bits per heavy atom. The third-order valence-corrected chi connectivity index (χ3v) is 4.18. The normalized spacial score (nSPS) is 9.86. The van der Waals surface area contributed by atoms with Crippen molar-refractivity contribution in [2.75, 3.05) is 25.3 Å². The fourth-order valence-electron chi connectivity index (χ4n) is 2.77. The number of aromatic nitrogens is 1. The second-order valence-corrected chi connectivity index (χ2v) is 5.78. The second kappa shape index (κ2) is 7.98. The van der Waals surface area contributed by atoms with Crippen molar-refractivity contribution in [3.05, 3.63) is 59.7 Å². The monoisotopic (exact) mass is 371 g/mol. The molecule has 3 N–H and O–H groups in total. The Labute approximate surface area is 162 Å². The number of nitrogens with two attached hydrogens (primary N) is 1. The van der Waals surface area contributed by atoms with Crippen LogP contribution in [0.3, 0.4) is 0 Å². The minimum Gasteiger partial charge on any atom is -0.497 e. The lowest BCUT2D eigenvalue weighted by Gasteiger charge is -2.15. The molecule has 0 bridgehead atoms. The number of nitrogens with zero attached hydrogens (tertiary/aromatic N) is 3. The molecule has 138 valence electrons. The number of benzene rings is 2. The predicted octanol–water partition coefficient (Wildman–Crippen LogP) is 3.83. The van der Waals surface area contributed by atoms with Gasteiger partial charge in [-0.15, -0.1) is 0 Å². The van der Waals surface area contributed by atoms with Crippen LogP contribution in [0, 0.1) is 22.7 Å². The highest BCUT2D eigenvalue weighted by molar-refractivity contribution is 5.86. The number of methoxy groups -OCH3 is 2. The van der Waals surface area contributed by atoms with Gasteiger partial charge < -0.3 is 20.5 Å². The summed E-state index contributed by atoms with van der Waals surface area (Å²) in [4.78, 5) is 4.24. The van der Waals surface area contributed by atoms with Crippen molar-refractivity contribution in [2.45, 2.75) is 0 Å². The second-order valence-electron chi connectivity index (χ2n) is 5.78. The van der Waals surface area contributed by atoms with Crippen LogP contribution in [0.2, 0.25) is 0 Å². The number of rotatable bonds is 5. The summed E-state index contributed by atoms with van der Waals surface area (Å²) in [7, 11) is 3.15. The standard InChI is InChI=1S/C21H17N5O2/c1-27-15-7-3-13(4-8-15)19-17(11-22)20(24)26-21(18(19)12-23)25-14-5-9-16(28-2)10-6-14/h3-10H,1-2H3,(H3,24,25,26). The minimum atomic E-state index is 0.0447. The highest BCUT2D eigenvalue weighted by Gasteiger charge is 2.20. The van der Waals surface area contributed by atoms with E-state index in [0.29, 0.717) is 28.3 Å². The Balaban J connectivity index is 2.14. The summed E-state index contributed by atoms with van der Waals surface area (Å²) in [6.45, 7) is 0. The zero-order valence-corrected chi connectivity index (χ0v) is 15.4. The topological polar surface area (TPSA) is 117 Å². The smallest absolute Gasteiger partial charge is 0.151 e. The Morgan fingerprint density at radius 2 is 1.39 bits per heavy atom. The fraction of sp³-hybridized carbons (Fsp3) is 0.0952. The van der Waals surface area contributed by atoms with E-state index in [0.717, 1.165) is 0 Å². The molecule has 0 fully saturated rings. The molecule has 0 aliphatic heterocycles. The van der Waals surface area contributed by atoms with Gasteiger partial charge in [0.15, 0.2) is 5.82 Å². The maximum atomic E-state index is 9.81. The van der Waals surface area contributed by atoms with Gasteiger partial charge >= 0.3 is 0 Å². The van der Waals surface area contributed by atoms with Crippen molar-refractivity contribution in [1.82, 2.24) is 4.98 Å². The number of nitrogen functional groups attached to an aromatic ring is 1. The van der Waals surface area contributed by atoms with E-state index in [4.69, 9.17) is 15.2 Å². The molecule has 3 aromatic rings. The van der Waals surface area contributed by atoms with Crippen LogP contribution < -0.4 is 20.5 Å². The quantitative estimate of drug-likeness (QED) is 0.700. The molecule has 0 unspecified atom stereocenters. The van der Waals surface area contributed by atoms with Gasteiger partial charge in [-0.3, -0.25) is 0 Å². The first kappa shape index (κ1) is 18.6. The average molecular weight is 371 g/mol. The maximum absolute atomic E-state index is 9.81. The summed E-state index contributed by atoms with van der Waals surface area (Å²) in [5.41, 5.74) is 8.20. The summed E-state index contributed by atoms with van der Waals surface area (Å²) in [5, 5.41) is 22.5. The van der Waals surface area contributed by atoms with Crippen molar-refractivity contribution in [3.8, 4) is 34.8 Å². The molecule has 0 radical (unpaired) electrons. The van der Waals surface area contributed by atoms with E-state index >= 15 is 0 Å². The molecule has 3 rings (SSSR count). The molecule has 0 saturated heterocycles. The van der Waals surface area contributed by atoms with Crippen LogP contribution in [-0.2, 0) is 0 Å². The molecule has 28 heavy (non-hydrogen) atoms. The predicted molar refractivity (Wildman–Crippen MR) is 106 cm³/mol. The van der Waals surface area contributed by atoms with Crippen LogP contribution in [0.4, 0.5) is 17.3 Å². The van der Waals surface area contributed by atoms with E-state index in [2.05, 4.69) is 22.4 Å². The number of nitriles is 2. The number of nitrogens with one attached hydrogen (secondary N) is 1. The fourth-order valence-corrected chi connectivity index (χ4v) is 2.77. The highest BCUT2D eigenvalue weighted by atomic mass is 16.5. The molecule has 0 atom stereocenters. The van der Waals surface area contributed by atoms with Gasteiger partial charge in [0.25, 0.3) is 0 Å². The molecule has 0 saturated carbocycles. The SMILES string of the molecule is COc1ccc(Nc2nc(N)c(C#N)c(-c3ccc(OC)cc3)c2C#N)cc1. The van der Waals surface area contributed by atoms with Crippen molar-refractivity contribution in [2.24, 2.45) is 0 Å². The largest absolute Gasteiger partial charge is 0.497 e. The van der Waals surface area contributed by atoms with E-state index in [1.807, 2.05) is 0 Å². The molecule has 0 aliphatic rings. The molecule has 0 aliphatic carbocycles. The molecular weight excluding hydrogens is 354 g/mol. The first-order valence-electron chi connectivity index (χ1n) is 8.30. The Hall–Kier alpha value is -4.23. The number of hydrogen-bond acceptors (Lipinski definition) is 7. The van der Waals surface area contributed by atoms with Crippen molar-refractivity contribution in [3.63, 3.8) is 0 Å². The summed E-state index contributed by atoms with van der Waals surface area (Å²) in [5.74, 6) is 1.69. The molecule has 7 heteroatoms. The number of ether oxygens (including phenoxy) is 2. The van der Waals surface area contributed by atoms with Gasteiger partial charge in [0.2, 0.25) is 0 Å². The van der Waals surface area contributed by atoms with Gasteiger partial charge in [0.05, 0.1) is 14.2 Å². The zero-order chi connectivity index (χ0) is 20.1. The molecule has 0 spiro atoms. The van der Waals surface area contributed by atoms with Crippen LogP contribution in [0.5, 0.6) is 11.5 Å². The Bertz CT molecular complexity index is 1080. The lowest BCUT2D eigenvalue weighted by Crippen LogP contribution is -2.06. The van der Waals surface area contributed by atoms with Gasteiger partial charge in [-0.25, -0.2) is 4.98 Å². The van der Waals surface area contributed by atoms with Crippen LogP contribution in [-0.4, -0.2) is 19.2 Å². The van der Waals surface area contributed by atoms with Crippen LogP contribution in [0.25, 0.3) is 11.1 Å². The third kappa shape index (κ3) is 3.50. The first-order chi connectivity index (χ1) is 13.6. The third-order valence-electron chi connectivity index (χ3n) is 4.18. The summed E-state index contributed by atoms with van der Waals surface area (Å²) in [6, 6.07) is 18.4. The lowest BCUT2D eigenvalue weighted by molar-refractivity contribution is 0.415. The maximum Gasteiger partial charge on any atom is 0.151 e. The van der Waals surface area contributed by atoms with E-state index in [1.54, 1.807) is 62.8 Å². The van der Waals surface area contributed by atoms with E-state index in [-0.39, 0.29) is 22.8 Å². The van der Waals surface area contributed by atoms with E-state index in [9.17, 15) is 10.5 Å². The Kier molecular flexibility index (Phi) is 5.29. The first-order valence-corrected chi connectivity index (χ1v) is 8.30. The van der Waals surface area contributed by atoms with Gasteiger partial charge in [-0.1, -0.05) is 12.1 Å². The van der Waals surface area contributed by atoms with Crippen LogP contribution in [0.1, 0.15) is 11.1 Å². The average Bonchev–Trinajstić information content (AvgIpc) is 2.74. The van der Waals surface area contributed by atoms with Crippen molar-refractivity contribution in [1.29, 1.82) is 10.5 Å². The molecule has 1 heterocycles. The van der Waals surface area contributed by atoms with Gasteiger partial charge in [0, 0.05) is 11.3 Å². The van der Waals surface area contributed by atoms with Crippen LogP contribution in [0.15, 0.2) is 48.5 Å². The van der Waals surface area contributed by atoms with Gasteiger partial charge in [0.1, 0.15) is 40.6 Å². The number of hydrogen-bond donors (Lipinski definition) is 2. The van der Waals surface area contributed by atoms with E-state index < -0.39 is 0 Å². The molecule has 0 amide bonds. The van der Waals surface area contributed by atoms with Crippen molar-refractivity contribution < 1.29 is 9.47 Å². The van der Waals surface area contributed by atoms with Crippen molar-refractivity contribution >= 4 is 17.3 Å². The molecule has 2 aromatic carbocycles. The Morgan fingerprint density at radius 3 is 1.89 bits per heavy atom.